The van der Waals surface area contributed by atoms with E-state index in [4.69, 9.17) is 11.6 Å². The highest BCUT2D eigenvalue weighted by molar-refractivity contribution is 7.97. The van der Waals surface area contributed by atoms with Gasteiger partial charge in [-0.05, 0) is 54.3 Å². The van der Waals surface area contributed by atoms with Crippen LogP contribution in [0.15, 0.2) is 77.6 Å². The molecule has 3 aliphatic heterocycles. The molecule has 0 spiro atoms. The molecule has 0 saturated carbocycles. The molecule has 2 aromatic carbocycles. The summed E-state index contributed by atoms with van der Waals surface area (Å²) in [6, 6.07) is 12.7. The fourth-order valence-corrected chi connectivity index (χ4v) is 6.24. The van der Waals surface area contributed by atoms with Crippen LogP contribution in [0.2, 0.25) is 5.02 Å². The van der Waals surface area contributed by atoms with Crippen LogP contribution < -0.4 is 9.44 Å². The minimum absolute atomic E-state index is 0.101. The SMILES string of the molecule is O=C(c1ccc(Cl)cc1NS(=O)(=O)C1=CC=CN2SNC=C12)N1CCCc2ccccc2C1. The molecule has 0 saturated heterocycles. The van der Waals surface area contributed by atoms with Crippen LogP contribution >= 0.6 is 23.7 Å². The standard InChI is InChI=1S/C23H21ClN4O3S2/c24-18-9-10-19(23(29)27-11-3-7-16-5-1-2-6-17(16)15-27)20(13-18)26-33(30,31)22-8-4-12-28-21(22)14-25-32-28/h1-2,4-6,8-10,12-14,25-26H,3,7,11,15H2. The van der Waals surface area contributed by atoms with Crippen molar-refractivity contribution < 1.29 is 13.2 Å². The van der Waals surface area contributed by atoms with Crippen LogP contribution in [0.25, 0.3) is 0 Å². The second kappa shape index (κ2) is 8.81. The van der Waals surface area contributed by atoms with E-state index in [1.54, 1.807) is 39.8 Å². The first kappa shape index (κ1) is 21.9. The molecule has 33 heavy (non-hydrogen) atoms. The summed E-state index contributed by atoms with van der Waals surface area (Å²) >= 11 is 7.45. The lowest BCUT2D eigenvalue weighted by Gasteiger charge is -2.24. The summed E-state index contributed by atoms with van der Waals surface area (Å²) in [6.45, 7) is 1.06. The molecule has 0 fully saturated rings. The van der Waals surface area contributed by atoms with Gasteiger partial charge in [0, 0.05) is 30.5 Å². The maximum Gasteiger partial charge on any atom is 0.264 e. The van der Waals surface area contributed by atoms with Crippen molar-refractivity contribution in [3.05, 3.63) is 99.3 Å². The van der Waals surface area contributed by atoms with Gasteiger partial charge in [-0.2, -0.15) is 0 Å². The number of sulfonamides is 1. The number of anilines is 1. The number of rotatable bonds is 4. The molecular weight excluding hydrogens is 480 g/mol. The average Bonchev–Trinajstić information content (AvgIpc) is 3.17. The van der Waals surface area contributed by atoms with Crippen molar-refractivity contribution in [1.29, 1.82) is 0 Å². The number of amides is 1. The fraction of sp³-hybridized carbons (Fsp3) is 0.174. The molecule has 10 heteroatoms. The highest BCUT2D eigenvalue weighted by Gasteiger charge is 2.31. The summed E-state index contributed by atoms with van der Waals surface area (Å²) in [4.78, 5) is 15.4. The van der Waals surface area contributed by atoms with E-state index in [9.17, 15) is 13.2 Å². The van der Waals surface area contributed by atoms with Crippen LogP contribution in [-0.4, -0.2) is 30.1 Å². The van der Waals surface area contributed by atoms with Gasteiger partial charge in [-0.1, -0.05) is 35.9 Å². The number of carbonyl (C=O) groups is 1. The molecule has 2 N–H and O–H groups in total. The number of carbonyl (C=O) groups excluding carboxylic acids is 1. The fourth-order valence-electron chi connectivity index (χ4n) is 4.09. The molecule has 0 aliphatic carbocycles. The number of aryl methyl sites for hydroxylation is 1. The van der Waals surface area contributed by atoms with Gasteiger partial charge in [-0.15, -0.1) is 0 Å². The van der Waals surface area contributed by atoms with Crippen LogP contribution in [-0.2, 0) is 23.0 Å². The summed E-state index contributed by atoms with van der Waals surface area (Å²) in [5.41, 5.74) is 3.28. The van der Waals surface area contributed by atoms with E-state index in [0.29, 0.717) is 23.8 Å². The molecule has 0 bridgehead atoms. The Labute approximate surface area is 202 Å². The van der Waals surface area contributed by atoms with Gasteiger partial charge < -0.3 is 9.62 Å². The van der Waals surface area contributed by atoms with E-state index in [1.165, 1.54) is 29.8 Å². The Hall–Kier alpha value is -2.88. The highest BCUT2D eigenvalue weighted by Crippen LogP contribution is 2.35. The summed E-state index contributed by atoms with van der Waals surface area (Å²) in [7, 11) is -3.98. The number of nitrogens with one attached hydrogen (secondary N) is 2. The van der Waals surface area contributed by atoms with Gasteiger partial charge in [0.15, 0.2) is 0 Å². The normalized spacial score (nSPS) is 17.4. The van der Waals surface area contributed by atoms with E-state index in [1.807, 2.05) is 18.2 Å². The second-order valence-electron chi connectivity index (χ2n) is 7.83. The summed E-state index contributed by atoms with van der Waals surface area (Å²) in [5, 5.41) is 0.335. The Morgan fingerprint density at radius 3 is 2.82 bits per heavy atom. The lowest BCUT2D eigenvalue weighted by molar-refractivity contribution is 0.0747. The molecule has 5 rings (SSSR count). The van der Waals surface area contributed by atoms with E-state index < -0.39 is 10.0 Å². The van der Waals surface area contributed by atoms with Crippen molar-refractivity contribution >= 4 is 45.4 Å². The van der Waals surface area contributed by atoms with Crippen molar-refractivity contribution in [1.82, 2.24) is 13.9 Å². The third kappa shape index (κ3) is 4.36. The zero-order chi connectivity index (χ0) is 23.0. The molecule has 1 amide bonds. The first-order chi connectivity index (χ1) is 15.9. The number of benzene rings is 2. The van der Waals surface area contributed by atoms with Crippen molar-refractivity contribution in [3.8, 4) is 0 Å². The summed E-state index contributed by atoms with van der Waals surface area (Å²) < 4.78 is 33.8. The molecule has 2 aromatic rings. The summed E-state index contributed by atoms with van der Waals surface area (Å²) in [6.07, 6.45) is 8.31. The van der Waals surface area contributed by atoms with Crippen molar-refractivity contribution in [2.45, 2.75) is 19.4 Å². The Morgan fingerprint density at radius 1 is 1.15 bits per heavy atom. The number of halogens is 1. The van der Waals surface area contributed by atoms with Gasteiger partial charge in [0.1, 0.15) is 4.91 Å². The van der Waals surface area contributed by atoms with Crippen LogP contribution in [0.4, 0.5) is 5.69 Å². The van der Waals surface area contributed by atoms with Crippen molar-refractivity contribution in [2.75, 3.05) is 11.3 Å². The Morgan fingerprint density at radius 2 is 1.97 bits per heavy atom. The molecule has 3 heterocycles. The van der Waals surface area contributed by atoms with Gasteiger partial charge in [-0.3, -0.25) is 13.8 Å². The predicted molar refractivity (Wildman–Crippen MR) is 131 cm³/mol. The van der Waals surface area contributed by atoms with Gasteiger partial charge in [0.2, 0.25) is 0 Å². The molecule has 3 aliphatic rings. The van der Waals surface area contributed by atoms with Crippen molar-refractivity contribution in [3.63, 3.8) is 0 Å². The van der Waals surface area contributed by atoms with E-state index in [2.05, 4.69) is 15.5 Å². The predicted octanol–water partition coefficient (Wildman–Crippen LogP) is 4.39. The molecule has 0 aromatic heterocycles. The number of fused-ring (bicyclic) bond motifs is 2. The van der Waals surface area contributed by atoms with Crippen LogP contribution in [0.5, 0.6) is 0 Å². The minimum Gasteiger partial charge on any atom is -0.334 e. The number of hydrogen-bond donors (Lipinski definition) is 2. The third-order valence-corrected chi connectivity index (χ3v) is 8.08. The van der Waals surface area contributed by atoms with Crippen LogP contribution in [0.1, 0.15) is 27.9 Å². The number of nitrogens with zero attached hydrogens (tertiary/aromatic N) is 2. The van der Waals surface area contributed by atoms with Gasteiger partial charge >= 0.3 is 0 Å². The monoisotopic (exact) mass is 500 g/mol. The quantitative estimate of drug-likeness (QED) is 0.606. The lowest BCUT2D eigenvalue weighted by atomic mass is 10.0. The zero-order valence-corrected chi connectivity index (χ0v) is 19.9. The van der Waals surface area contributed by atoms with Crippen LogP contribution in [0.3, 0.4) is 0 Å². The van der Waals surface area contributed by atoms with E-state index in [0.717, 1.165) is 18.4 Å². The van der Waals surface area contributed by atoms with Gasteiger partial charge in [-0.25, -0.2) is 8.42 Å². The van der Waals surface area contributed by atoms with Crippen molar-refractivity contribution in [2.24, 2.45) is 0 Å². The molecule has 0 atom stereocenters. The lowest BCUT2D eigenvalue weighted by Crippen LogP contribution is -2.32. The smallest absolute Gasteiger partial charge is 0.264 e. The summed E-state index contributed by atoms with van der Waals surface area (Å²) in [5.74, 6) is -0.238. The van der Waals surface area contributed by atoms with E-state index >= 15 is 0 Å². The molecular formula is C23H21ClN4O3S2. The first-order valence-electron chi connectivity index (χ1n) is 10.4. The third-order valence-electron chi connectivity index (χ3n) is 5.69. The molecule has 7 nitrogen and oxygen atoms in total. The average molecular weight is 501 g/mol. The first-order valence-corrected chi connectivity index (χ1v) is 13.0. The maximum absolute atomic E-state index is 13.5. The number of allylic oxidation sites excluding steroid dienone is 2. The second-order valence-corrected chi connectivity index (χ2v) is 10.7. The Kier molecular flexibility index (Phi) is 5.86. The zero-order valence-electron chi connectivity index (χ0n) is 17.5. The van der Waals surface area contributed by atoms with Crippen LogP contribution in [0, 0.1) is 0 Å². The minimum atomic E-state index is -3.98. The Bertz CT molecular complexity index is 1320. The maximum atomic E-state index is 13.5. The van der Waals surface area contributed by atoms with Gasteiger partial charge in [0.05, 0.1) is 29.1 Å². The molecule has 170 valence electrons. The van der Waals surface area contributed by atoms with E-state index in [-0.39, 0.29) is 22.1 Å². The number of hydrogen-bond acceptors (Lipinski definition) is 6. The largest absolute Gasteiger partial charge is 0.334 e. The topological polar surface area (TPSA) is 81.8 Å². The highest BCUT2D eigenvalue weighted by atomic mass is 35.5. The molecule has 0 radical (unpaired) electrons. The Balaban J connectivity index is 1.46. The molecule has 0 unspecified atom stereocenters. The van der Waals surface area contributed by atoms with Gasteiger partial charge in [0.25, 0.3) is 15.9 Å².